The standard InChI is InChI=1S/C22H26ClN3O3/c1-3-28-19-8-5-17(15-20(19)29-4-2)6-10-22(27)26-13-11-25(12-14-26)21-9-7-18(23)16-24-21/h5-10,15-16H,3-4,11-14H2,1-2H3/b10-6+. The molecule has 0 N–H and O–H groups in total. The van der Waals surface area contributed by atoms with Crippen molar-refractivity contribution in [3.63, 3.8) is 0 Å². The van der Waals surface area contributed by atoms with Gasteiger partial charge in [-0.25, -0.2) is 4.98 Å². The highest BCUT2D eigenvalue weighted by molar-refractivity contribution is 6.30. The van der Waals surface area contributed by atoms with Crippen LogP contribution in [0.4, 0.5) is 5.82 Å². The van der Waals surface area contributed by atoms with Crippen molar-refractivity contribution in [1.29, 1.82) is 0 Å². The molecule has 2 heterocycles. The summed E-state index contributed by atoms with van der Waals surface area (Å²) in [5, 5.41) is 0.620. The number of hydrogen-bond donors (Lipinski definition) is 0. The maximum Gasteiger partial charge on any atom is 0.246 e. The summed E-state index contributed by atoms with van der Waals surface area (Å²) in [7, 11) is 0. The molecule has 1 aromatic carbocycles. The van der Waals surface area contributed by atoms with Gasteiger partial charge in [-0.15, -0.1) is 0 Å². The van der Waals surface area contributed by atoms with E-state index >= 15 is 0 Å². The first kappa shape index (κ1) is 21.0. The maximum atomic E-state index is 12.6. The zero-order valence-electron chi connectivity index (χ0n) is 16.8. The second kappa shape index (κ2) is 10.2. The molecule has 1 amide bonds. The second-order valence-corrected chi connectivity index (χ2v) is 6.99. The molecule has 0 aliphatic carbocycles. The SMILES string of the molecule is CCOc1ccc(/C=C/C(=O)N2CCN(c3ccc(Cl)cn3)CC2)cc1OCC. The van der Waals surface area contributed by atoms with Crippen LogP contribution in [0, 0.1) is 0 Å². The van der Waals surface area contributed by atoms with Crippen molar-refractivity contribution in [3.05, 3.63) is 53.2 Å². The summed E-state index contributed by atoms with van der Waals surface area (Å²) in [5.74, 6) is 2.29. The Morgan fingerprint density at radius 3 is 2.45 bits per heavy atom. The van der Waals surface area contributed by atoms with Crippen molar-refractivity contribution >= 4 is 29.4 Å². The van der Waals surface area contributed by atoms with Crippen molar-refractivity contribution < 1.29 is 14.3 Å². The third-order valence-electron chi connectivity index (χ3n) is 4.61. The van der Waals surface area contributed by atoms with Gasteiger partial charge in [0, 0.05) is 38.5 Å². The lowest BCUT2D eigenvalue weighted by molar-refractivity contribution is -0.126. The van der Waals surface area contributed by atoms with E-state index in [0.717, 1.165) is 24.5 Å². The van der Waals surface area contributed by atoms with Gasteiger partial charge in [0.2, 0.25) is 5.91 Å². The average molecular weight is 416 g/mol. The molecule has 7 heteroatoms. The summed E-state index contributed by atoms with van der Waals surface area (Å²) < 4.78 is 11.2. The Kier molecular flexibility index (Phi) is 7.36. The maximum absolute atomic E-state index is 12.6. The minimum absolute atomic E-state index is 0.000518. The third kappa shape index (κ3) is 5.64. The van der Waals surface area contributed by atoms with Crippen LogP contribution in [0.3, 0.4) is 0 Å². The molecule has 1 fully saturated rings. The number of carbonyl (C=O) groups is 1. The van der Waals surface area contributed by atoms with Gasteiger partial charge in [-0.05, 0) is 49.8 Å². The van der Waals surface area contributed by atoms with Crippen molar-refractivity contribution in [2.24, 2.45) is 0 Å². The number of hydrogen-bond acceptors (Lipinski definition) is 5. The number of anilines is 1. The summed E-state index contributed by atoms with van der Waals surface area (Å²) in [6.45, 7) is 7.79. The molecule has 1 aliphatic rings. The lowest BCUT2D eigenvalue weighted by atomic mass is 10.2. The van der Waals surface area contributed by atoms with Crippen LogP contribution in [-0.2, 0) is 4.79 Å². The lowest BCUT2D eigenvalue weighted by Crippen LogP contribution is -2.48. The van der Waals surface area contributed by atoms with Gasteiger partial charge >= 0.3 is 0 Å². The molecule has 0 unspecified atom stereocenters. The fourth-order valence-corrected chi connectivity index (χ4v) is 3.27. The molecule has 1 saturated heterocycles. The molecule has 2 aromatic rings. The van der Waals surface area contributed by atoms with Crippen LogP contribution < -0.4 is 14.4 Å². The predicted molar refractivity (Wildman–Crippen MR) is 116 cm³/mol. The Morgan fingerprint density at radius 2 is 1.79 bits per heavy atom. The van der Waals surface area contributed by atoms with E-state index in [0.29, 0.717) is 42.8 Å². The Morgan fingerprint density at radius 1 is 1.07 bits per heavy atom. The Hall–Kier alpha value is -2.73. The molecule has 0 bridgehead atoms. The highest BCUT2D eigenvalue weighted by Crippen LogP contribution is 2.29. The Labute approximate surface area is 176 Å². The van der Waals surface area contributed by atoms with Crippen LogP contribution >= 0.6 is 11.6 Å². The van der Waals surface area contributed by atoms with Crippen molar-refractivity contribution in [2.45, 2.75) is 13.8 Å². The molecule has 6 nitrogen and oxygen atoms in total. The Bertz CT molecular complexity index is 847. The van der Waals surface area contributed by atoms with E-state index in [1.807, 2.05) is 55.2 Å². The van der Waals surface area contributed by atoms with E-state index in [-0.39, 0.29) is 5.91 Å². The molecule has 1 aromatic heterocycles. The number of amides is 1. The van der Waals surface area contributed by atoms with Crippen LogP contribution in [0.1, 0.15) is 19.4 Å². The molecular formula is C22H26ClN3O3. The third-order valence-corrected chi connectivity index (χ3v) is 4.84. The summed E-state index contributed by atoms with van der Waals surface area (Å²) in [6, 6.07) is 9.42. The van der Waals surface area contributed by atoms with Crippen LogP contribution in [0.25, 0.3) is 6.08 Å². The van der Waals surface area contributed by atoms with Crippen molar-refractivity contribution in [1.82, 2.24) is 9.88 Å². The molecule has 0 atom stereocenters. The minimum Gasteiger partial charge on any atom is -0.490 e. The molecule has 0 radical (unpaired) electrons. The smallest absolute Gasteiger partial charge is 0.246 e. The number of pyridine rings is 1. The van der Waals surface area contributed by atoms with Crippen molar-refractivity contribution in [3.8, 4) is 11.5 Å². The van der Waals surface area contributed by atoms with Gasteiger partial charge in [-0.3, -0.25) is 4.79 Å². The molecule has 0 saturated carbocycles. The molecule has 3 rings (SSSR count). The van der Waals surface area contributed by atoms with Gasteiger partial charge in [0.25, 0.3) is 0 Å². The Balaban J connectivity index is 1.58. The van der Waals surface area contributed by atoms with Gasteiger partial charge < -0.3 is 19.3 Å². The number of aromatic nitrogens is 1. The van der Waals surface area contributed by atoms with E-state index in [4.69, 9.17) is 21.1 Å². The van der Waals surface area contributed by atoms with E-state index in [1.54, 1.807) is 12.3 Å². The summed E-state index contributed by atoms with van der Waals surface area (Å²) in [5.41, 5.74) is 0.897. The second-order valence-electron chi connectivity index (χ2n) is 6.55. The monoisotopic (exact) mass is 415 g/mol. The lowest BCUT2D eigenvalue weighted by Gasteiger charge is -2.34. The van der Waals surface area contributed by atoms with Gasteiger partial charge in [0.15, 0.2) is 11.5 Å². The van der Waals surface area contributed by atoms with Crippen LogP contribution in [0.5, 0.6) is 11.5 Å². The number of rotatable bonds is 7. The fourth-order valence-electron chi connectivity index (χ4n) is 3.16. The summed E-state index contributed by atoms with van der Waals surface area (Å²) in [4.78, 5) is 20.9. The molecular weight excluding hydrogens is 390 g/mol. The fraction of sp³-hybridized carbons (Fsp3) is 0.364. The number of nitrogens with zero attached hydrogens (tertiary/aromatic N) is 3. The zero-order chi connectivity index (χ0) is 20.6. The molecule has 154 valence electrons. The topological polar surface area (TPSA) is 54.9 Å². The first-order chi connectivity index (χ1) is 14.1. The number of piperazine rings is 1. The summed E-state index contributed by atoms with van der Waals surface area (Å²) >= 11 is 5.90. The average Bonchev–Trinajstić information content (AvgIpc) is 2.74. The molecule has 1 aliphatic heterocycles. The van der Waals surface area contributed by atoms with Gasteiger partial charge in [0.05, 0.1) is 18.2 Å². The number of carbonyl (C=O) groups excluding carboxylic acids is 1. The molecule has 0 spiro atoms. The van der Waals surface area contributed by atoms with Crippen LogP contribution in [-0.4, -0.2) is 55.2 Å². The zero-order valence-corrected chi connectivity index (χ0v) is 17.6. The van der Waals surface area contributed by atoms with Gasteiger partial charge in [-0.2, -0.15) is 0 Å². The quantitative estimate of drug-likeness (QED) is 0.642. The largest absolute Gasteiger partial charge is 0.490 e. The van der Waals surface area contributed by atoms with Gasteiger partial charge in [0.1, 0.15) is 5.82 Å². The number of halogens is 1. The number of ether oxygens (including phenoxy) is 2. The van der Waals surface area contributed by atoms with Gasteiger partial charge in [-0.1, -0.05) is 17.7 Å². The summed E-state index contributed by atoms with van der Waals surface area (Å²) in [6.07, 6.45) is 5.07. The normalized spacial score (nSPS) is 14.3. The van der Waals surface area contributed by atoms with Crippen LogP contribution in [0.2, 0.25) is 5.02 Å². The van der Waals surface area contributed by atoms with Crippen LogP contribution in [0.15, 0.2) is 42.6 Å². The minimum atomic E-state index is 0.000518. The van der Waals surface area contributed by atoms with E-state index in [9.17, 15) is 4.79 Å². The van der Waals surface area contributed by atoms with Crippen molar-refractivity contribution in [2.75, 3.05) is 44.3 Å². The van der Waals surface area contributed by atoms with E-state index in [2.05, 4.69) is 9.88 Å². The first-order valence-electron chi connectivity index (χ1n) is 9.83. The highest BCUT2D eigenvalue weighted by Gasteiger charge is 2.20. The van der Waals surface area contributed by atoms with E-state index in [1.165, 1.54) is 0 Å². The predicted octanol–water partition coefficient (Wildman–Crippen LogP) is 3.89. The highest BCUT2D eigenvalue weighted by atomic mass is 35.5. The van der Waals surface area contributed by atoms with E-state index < -0.39 is 0 Å². The number of benzene rings is 1. The first-order valence-corrected chi connectivity index (χ1v) is 10.2. The molecule has 29 heavy (non-hydrogen) atoms.